The van der Waals surface area contributed by atoms with Crippen LogP contribution in [0.25, 0.3) is 0 Å². The molecule has 0 saturated heterocycles. The molecular weight excluding hydrogens is 80.0 g/mol. The fourth-order valence-corrected chi connectivity index (χ4v) is 0. The highest BCUT2D eigenvalue weighted by atomic mass is 16.3. The summed E-state index contributed by atoms with van der Waals surface area (Å²) < 4.78 is 0. The first-order valence-corrected chi connectivity index (χ1v) is 2.13. The van der Waals surface area contributed by atoms with Crippen molar-refractivity contribution in [3.8, 4) is 0 Å². The molecule has 0 radical (unpaired) electrons. The molecule has 0 unspecified atom stereocenters. The van der Waals surface area contributed by atoms with Crippen LogP contribution in [0.3, 0.4) is 0 Å². The van der Waals surface area contributed by atoms with Gasteiger partial charge in [-0.15, -0.1) is 0 Å². The maximum atomic E-state index is 7.62. The Morgan fingerprint density at radius 2 is 1.17 bits per heavy atom. The molecule has 0 saturated carbocycles. The van der Waals surface area contributed by atoms with Crippen LogP contribution in [-0.2, 0) is 0 Å². The van der Waals surface area contributed by atoms with Crippen LogP contribution in [0.15, 0.2) is 0 Å². The third-order valence-electron chi connectivity index (χ3n) is 0.1000. The smallest absolute Gasteiger partial charge is 0.0662 e. The molecule has 0 fully saturated rings. The molecule has 2 nitrogen and oxygen atoms in total. The SMILES string of the molecule is CC.OCCO. The van der Waals surface area contributed by atoms with Gasteiger partial charge in [-0.2, -0.15) is 0 Å². The van der Waals surface area contributed by atoms with Gasteiger partial charge < -0.3 is 10.2 Å². The zero-order chi connectivity index (χ0) is 5.41. The van der Waals surface area contributed by atoms with E-state index in [2.05, 4.69) is 0 Å². The van der Waals surface area contributed by atoms with E-state index in [-0.39, 0.29) is 13.2 Å². The van der Waals surface area contributed by atoms with E-state index in [1.54, 1.807) is 0 Å². The van der Waals surface area contributed by atoms with Crippen molar-refractivity contribution >= 4 is 0 Å². The lowest BCUT2D eigenvalue weighted by molar-refractivity contribution is 0.186. The summed E-state index contributed by atoms with van der Waals surface area (Å²) in [5.74, 6) is 0. The summed E-state index contributed by atoms with van der Waals surface area (Å²) in [4.78, 5) is 0. The van der Waals surface area contributed by atoms with E-state index in [9.17, 15) is 0 Å². The number of aliphatic hydroxyl groups is 2. The fraction of sp³-hybridized carbons (Fsp3) is 1.00. The van der Waals surface area contributed by atoms with Crippen molar-refractivity contribution in [2.75, 3.05) is 13.2 Å². The molecule has 40 valence electrons. The lowest BCUT2D eigenvalue weighted by Crippen LogP contribution is -1.85. The van der Waals surface area contributed by atoms with Gasteiger partial charge in [-0.1, -0.05) is 13.8 Å². The summed E-state index contributed by atoms with van der Waals surface area (Å²) in [6.07, 6.45) is 0. The minimum Gasteiger partial charge on any atom is -0.394 e. The van der Waals surface area contributed by atoms with Gasteiger partial charge in [0.1, 0.15) is 0 Å². The predicted molar refractivity (Wildman–Crippen MR) is 25.5 cm³/mol. The van der Waals surface area contributed by atoms with Crippen LogP contribution >= 0.6 is 0 Å². The van der Waals surface area contributed by atoms with Crippen molar-refractivity contribution in [3.05, 3.63) is 0 Å². The van der Waals surface area contributed by atoms with Crippen LogP contribution in [0, 0.1) is 0 Å². The standard InChI is InChI=1S/C2H6O2.C2H6/c3-1-2-4;1-2/h3-4H,1-2H2;1-2H3. The second-order valence-electron chi connectivity index (χ2n) is 0.447. The van der Waals surface area contributed by atoms with E-state index in [4.69, 9.17) is 10.2 Å². The molecule has 2 N–H and O–H groups in total. The molecule has 0 aliphatic rings. The zero-order valence-electron chi connectivity index (χ0n) is 4.31. The second-order valence-corrected chi connectivity index (χ2v) is 0.447. The Labute approximate surface area is 38.4 Å². The fourth-order valence-electron chi connectivity index (χ4n) is 0. The molecule has 2 heteroatoms. The first-order valence-electron chi connectivity index (χ1n) is 2.13. The van der Waals surface area contributed by atoms with Crippen molar-refractivity contribution in [2.45, 2.75) is 13.8 Å². The zero-order valence-corrected chi connectivity index (χ0v) is 4.31. The van der Waals surface area contributed by atoms with Crippen LogP contribution < -0.4 is 0 Å². The average molecular weight is 92.1 g/mol. The van der Waals surface area contributed by atoms with Gasteiger partial charge in [0.25, 0.3) is 0 Å². The van der Waals surface area contributed by atoms with E-state index in [0.29, 0.717) is 0 Å². The molecule has 6 heavy (non-hydrogen) atoms. The monoisotopic (exact) mass is 92.1 g/mol. The molecular formula is C4H12O2. The average Bonchev–Trinajstić information content (AvgIpc) is 1.72. The molecule has 0 aliphatic carbocycles. The van der Waals surface area contributed by atoms with Gasteiger partial charge in [0.15, 0.2) is 0 Å². The van der Waals surface area contributed by atoms with Crippen molar-refractivity contribution in [1.29, 1.82) is 0 Å². The van der Waals surface area contributed by atoms with E-state index in [0.717, 1.165) is 0 Å². The first-order chi connectivity index (χ1) is 2.91. The maximum absolute atomic E-state index is 7.62. The minimum absolute atomic E-state index is 0.125. The van der Waals surface area contributed by atoms with Crippen molar-refractivity contribution in [3.63, 3.8) is 0 Å². The minimum atomic E-state index is -0.125. The number of hydrogen-bond acceptors (Lipinski definition) is 2. The van der Waals surface area contributed by atoms with Gasteiger partial charge in [-0.3, -0.25) is 0 Å². The number of rotatable bonds is 1. The molecule has 0 spiro atoms. The van der Waals surface area contributed by atoms with E-state index in [1.807, 2.05) is 13.8 Å². The Kier molecular flexibility index (Phi) is 31.9. The Hall–Kier alpha value is -0.0800. The van der Waals surface area contributed by atoms with Gasteiger partial charge in [-0.05, 0) is 0 Å². The largest absolute Gasteiger partial charge is 0.394 e. The van der Waals surface area contributed by atoms with Gasteiger partial charge in [0, 0.05) is 0 Å². The molecule has 0 rings (SSSR count). The second kappa shape index (κ2) is 20.5. The Bertz CT molecular complexity index is 7.51. The van der Waals surface area contributed by atoms with Crippen molar-refractivity contribution in [2.24, 2.45) is 0 Å². The van der Waals surface area contributed by atoms with E-state index >= 15 is 0 Å². The Morgan fingerprint density at radius 1 is 1.00 bits per heavy atom. The highest BCUT2D eigenvalue weighted by Crippen LogP contribution is 1.39. The van der Waals surface area contributed by atoms with Gasteiger partial charge in [0.2, 0.25) is 0 Å². The molecule has 0 bridgehead atoms. The highest BCUT2D eigenvalue weighted by molar-refractivity contribution is 4.06. The van der Waals surface area contributed by atoms with E-state index in [1.165, 1.54) is 0 Å². The summed E-state index contributed by atoms with van der Waals surface area (Å²) in [6.45, 7) is 3.75. The first kappa shape index (κ1) is 9.33. The molecule has 0 atom stereocenters. The highest BCUT2D eigenvalue weighted by Gasteiger charge is 1.58. The number of aliphatic hydroxyl groups excluding tert-OH is 2. The molecule has 0 aromatic carbocycles. The van der Waals surface area contributed by atoms with Crippen LogP contribution in [0.1, 0.15) is 13.8 Å². The van der Waals surface area contributed by atoms with Gasteiger partial charge in [0.05, 0.1) is 13.2 Å². The van der Waals surface area contributed by atoms with Crippen LogP contribution in [-0.4, -0.2) is 23.4 Å². The van der Waals surface area contributed by atoms with Crippen LogP contribution in [0.5, 0.6) is 0 Å². The number of hydrogen-bond donors (Lipinski definition) is 2. The quantitative estimate of drug-likeness (QED) is 0.478. The normalized spacial score (nSPS) is 6.00. The topological polar surface area (TPSA) is 40.5 Å². The molecule has 0 amide bonds. The summed E-state index contributed by atoms with van der Waals surface area (Å²) >= 11 is 0. The molecule has 0 aliphatic heterocycles. The Morgan fingerprint density at radius 3 is 1.17 bits per heavy atom. The molecule has 0 heterocycles. The lowest BCUT2D eigenvalue weighted by atomic mass is 10.8. The van der Waals surface area contributed by atoms with E-state index < -0.39 is 0 Å². The van der Waals surface area contributed by atoms with Gasteiger partial charge in [-0.25, -0.2) is 0 Å². The summed E-state index contributed by atoms with van der Waals surface area (Å²) in [5.41, 5.74) is 0. The maximum Gasteiger partial charge on any atom is 0.0662 e. The predicted octanol–water partition coefficient (Wildman–Crippen LogP) is -0.00280. The summed E-state index contributed by atoms with van der Waals surface area (Å²) in [5, 5.41) is 15.2. The lowest BCUT2D eigenvalue weighted by Gasteiger charge is -1.70. The third-order valence-corrected chi connectivity index (χ3v) is 0.1000. The Balaban J connectivity index is 0. The van der Waals surface area contributed by atoms with Crippen LogP contribution in [0.4, 0.5) is 0 Å². The third kappa shape index (κ3) is 39.5. The van der Waals surface area contributed by atoms with Gasteiger partial charge >= 0.3 is 0 Å². The van der Waals surface area contributed by atoms with Crippen molar-refractivity contribution < 1.29 is 10.2 Å². The molecule has 0 aromatic heterocycles. The molecule has 0 aromatic rings. The summed E-state index contributed by atoms with van der Waals surface area (Å²) in [7, 11) is 0. The van der Waals surface area contributed by atoms with Crippen molar-refractivity contribution in [1.82, 2.24) is 0 Å². The van der Waals surface area contributed by atoms with Crippen LogP contribution in [0.2, 0.25) is 0 Å². The summed E-state index contributed by atoms with van der Waals surface area (Å²) in [6, 6.07) is 0.